The molecule has 22 heavy (non-hydrogen) atoms. The van der Waals surface area contributed by atoms with E-state index in [4.69, 9.17) is 9.47 Å². The fourth-order valence-electron chi connectivity index (χ4n) is 2.65. The fraction of sp³-hybridized carbons (Fsp3) is 0.588. The number of methoxy groups -OCH3 is 1. The van der Waals surface area contributed by atoms with Crippen LogP contribution in [0.25, 0.3) is 0 Å². The van der Waals surface area contributed by atoms with Gasteiger partial charge in [-0.05, 0) is 49.4 Å². The van der Waals surface area contributed by atoms with E-state index in [1.807, 2.05) is 19.1 Å². The molecule has 0 spiro atoms. The Bertz CT molecular complexity index is 485. The fourth-order valence-corrected chi connectivity index (χ4v) is 2.65. The monoisotopic (exact) mass is 306 g/mol. The molecule has 1 unspecified atom stereocenters. The van der Waals surface area contributed by atoms with Crippen molar-refractivity contribution in [3.63, 3.8) is 0 Å². The summed E-state index contributed by atoms with van der Waals surface area (Å²) in [5.74, 6) is 1.71. The molecule has 1 saturated heterocycles. The number of carbonyl (C=O) groups is 1. The minimum absolute atomic E-state index is 0.0146. The largest absolute Gasteiger partial charge is 0.493 e. The van der Waals surface area contributed by atoms with Gasteiger partial charge in [0.05, 0.1) is 7.11 Å². The number of piperidine rings is 1. The molecule has 0 saturated carbocycles. The third-order valence-electron chi connectivity index (χ3n) is 3.89. The Morgan fingerprint density at radius 2 is 2.27 bits per heavy atom. The molecule has 1 heterocycles. The lowest BCUT2D eigenvalue weighted by molar-refractivity contribution is -0.123. The molecular formula is C17H26N2O3. The van der Waals surface area contributed by atoms with Gasteiger partial charge in [0, 0.05) is 13.1 Å². The number of ether oxygens (including phenoxy) is 2. The Kier molecular flexibility index (Phi) is 6.52. The number of benzene rings is 1. The molecule has 2 N–H and O–H groups in total. The van der Waals surface area contributed by atoms with Crippen LogP contribution in [0.2, 0.25) is 0 Å². The summed E-state index contributed by atoms with van der Waals surface area (Å²) in [7, 11) is 1.63. The van der Waals surface area contributed by atoms with Gasteiger partial charge in [0.2, 0.25) is 0 Å². The van der Waals surface area contributed by atoms with Gasteiger partial charge in [0.25, 0.3) is 5.91 Å². The van der Waals surface area contributed by atoms with Crippen LogP contribution < -0.4 is 20.1 Å². The van der Waals surface area contributed by atoms with E-state index in [9.17, 15) is 4.79 Å². The molecule has 0 aliphatic carbocycles. The molecule has 1 aromatic carbocycles. The molecule has 1 fully saturated rings. The number of hydrogen-bond acceptors (Lipinski definition) is 4. The summed E-state index contributed by atoms with van der Waals surface area (Å²) in [5.41, 5.74) is 1.26. The van der Waals surface area contributed by atoms with Crippen LogP contribution in [0.1, 0.15) is 37.7 Å². The standard InChI is InChI=1S/C17H26N2O3/c1-3-8-19-17(20)12-22-15-7-6-13(10-16(15)21-2)14-5-4-9-18-11-14/h6-7,10,14,18H,3-5,8-9,11-12H2,1-2H3,(H,19,20). The molecule has 0 radical (unpaired) electrons. The third-order valence-corrected chi connectivity index (χ3v) is 3.89. The van der Waals surface area contributed by atoms with E-state index in [2.05, 4.69) is 16.7 Å². The lowest BCUT2D eigenvalue weighted by atomic mass is 9.91. The first kappa shape index (κ1) is 16.6. The molecule has 1 aromatic rings. The zero-order valence-electron chi connectivity index (χ0n) is 13.5. The van der Waals surface area contributed by atoms with Gasteiger partial charge >= 0.3 is 0 Å². The van der Waals surface area contributed by atoms with E-state index >= 15 is 0 Å². The van der Waals surface area contributed by atoms with Gasteiger partial charge in [-0.25, -0.2) is 0 Å². The summed E-state index contributed by atoms with van der Waals surface area (Å²) in [5, 5.41) is 6.21. The molecular weight excluding hydrogens is 280 g/mol. The van der Waals surface area contributed by atoms with E-state index in [1.165, 1.54) is 18.4 Å². The third kappa shape index (κ3) is 4.63. The Balaban J connectivity index is 1.98. The minimum Gasteiger partial charge on any atom is -0.493 e. The number of hydrogen-bond donors (Lipinski definition) is 2. The topological polar surface area (TPSA) is 59.6 Å². The van der Waals surface area contributed by atoms with Crippen LogP contribution in [0.4, 0.5) is 0 Å². The van der Waals surface area contributed by atoms with E-state index < -0.39 is 0 Å². The summed E-state index contributed by atoms with van der Waals surface area (Å²) < 4.78 is 11.0. The van der Waals surface area contributed by atoms with Crippen molar-refractivity contribution < 1.29 is 14.3 Å². The Morgan fingerprint density at radius 3 is 2.95 bits per heavy atom. The van der Waals surface area contributed by atoms with Gasteiger partial charge in [0.1, 0.15) is 0 Å². The van der Waals surface area contributed by atoms with E-state index in [0.29, 0.717) is 24.0 Å². The molecule has 0 aromatic heterocycles. The minimum atomic E-state index is -0.107. The summed E-state index contributed by atoms with van der Waals surface area (Å²) >= 11 is 0. The first-order valence-corrected chi connectivity index (χ1v) is 8.02. The second-order valence-electron chi connectivity index (χ2n) is 5.59. The lowest BCUT2D eigenvalue weighted by Gasteiger charge is -2.24. The van der Waals surface area contributed by atoms with Crippen molar-refractivity contribution in [2.75, 3.05) is 33.4 Å². The first-order valence-electron chi connectivity index (χ1n) is 8.02. The molecule has 1 atom stereocenters. The van der Waals surface area contributed by atoms with Crippen molar-refractivity contribution in [1.29, 1.82) is 0 Å². The number of nitrogens with one attached hydrogen (secondary N) is 2. The molecule has 0 bridgehead atoms. The van der Waals surface area contributed by atoms with Crippen molar-refractivity contribution in [3.05, 3.63) is 23.8 Å². The van der Waals surface area contributed by atoms with Gasteiger partial charge in [-0.1, -0.05) is 13.0 Å². The Hall–Kier alpha value is -1.75. The molecule has 2 rings (SSSR count). The average molecular weight is 306 g/mol. The predicted molar refractivity (Wildman–Crippen MR) is 86.6 cm³/mol. The van der Waals surface area contributed by atoms with Gasteiger partial charge in [-0.2, -0.15) is 0 Å². The highest BCUT2D eigenvalue weighted by Gasteiger charge is 2.17. The molecule has 1 amide bonds. The second kappa shape index (κ2) is 8.63. The van der Waals surface area contributed by atoms with Gasteiger partial charge < -0.3 is 20.1 Å². The first-order chi connectivity index (χ1) is 10.7. The van der Waals surface area contributed by atoms with E-state index in [-0.39, 0.29) is 12.5 Å². The normalized spacial score (nSPS) is 17.8. The summed E-state index contributed by atoms with van der Waals surface area (Å²) in [6, 6.07) is 5.99. The molecule has 1 aliphatic heterocycles. The summed E-state index contributed by atoms with van der Waals surface area (Å²) in [6.07, 6.45) is 3.30. The zero-order chi connectivity index (χ0) is 15.8. The van der Waals surface area contributed by atoms with Crippen molar-refractivity contribution in [2.45, 2.75) is 32.1 Å². The van der Waals surface area contributed by atoms with Crippen LogP contribution in [0.15, 0.2) is 18.2 Å². The quantitative estimate of drug-likeness (QED) is 0.809. The molecule has 5 heteroatoms. The SMILES string of the molecule is CCCNC(=O)COc1ccc(C2CCCNC2)cc1OC. The highest BCUT2D eigenvalue weighted by molar-refractivity contribution is 5.77. The molecule has 122 valence electrons. The van der Waals surface area contributed by atoms with Crippen LogP contribution in [0.5, 0.6) is 11.5 Å². The molecule has 1 aliphatic rings. The van der Waals surface area contributed by atoms with Gasteiger partial charge in [0.15, 0.2) is 18.1 Å². The van der Waals surface area contributed by atoms with Crippen molar-refractivity contribution in [3.8, 4) is 11.5 Å². The zero-order valence-corrected chi connectivity index (χ0v) is 13.5. The summed E-state index contributed by atoms with van der Waals surface area (Å²) in [4.78, 5) is 11.6. The van der Waals surface area contributed by atoms with Crippen LogP contribution in [0.3, 0.4) is 0 Å². The van der Waals surface area contributed by atoms with Gasteiger partial charge in [-0.3, -0.25) is 4.79 Å². The number of rotatable bonds is 7. The predicted octanol–water partition coefficient (Wildman–Crippen LogP) is 2.07. The lowest BCUT2D eigenvalue weighted by Crippen LogP contribution is -2.29. The van der Waals surface area contributed by atoms with E-state index in [1.54, 1.807) is 7.11 Å². The number of amides is 1. The highest BCUT2D eigenvalue weighted by Crippen LogP contribution is 2.32. The van der Waals surface area contributed by atoms with Crippen LogP contribution in [-0.2, 0) is 4.79 Å². The van der Waals surface area contributed by atoms with Crippen molar-refractivity contribution in [1.82, 2.24) is 10.6 Å². The smallest absolute Gasteiger partial charge is 0.257 e. The molecule has 5 nitrogen and oxygen atoms in total. The van der Waals surface area contributed by atoms with Crippen molar-refractivity contribution >= 4 is 5.91 Å². The maximum atomic E-state index is 11.6. The van der Waals surface area contributed by atoms with Crippen LogP contribution >= 0.6 is 0 Å². The van der Waals surface area contributed by atoms with Crippen LogP contribution in [-0.4, -0.2) is 39.3 Å². The second-order valence-corrected chi connectivity index (χ2v) is 5.59. The van der Waals surface area contributed by atoms with Gasteiger partial charge in [-0.15, -0.1) is 0 Å². The Morgan fingerprint density at radius 1 is 1.41 bits per heavy atom. The number of carbonyl (C=O) groups excluding carboxylic acids is 1. The Labute approximate surface area is 132 Å². The van der Waals surface area contributed by atoms with E-state index in [0.717, 1.165) is 19.5 Å². The van der Waals surface area contributed by atoms with Crippen LogP contribution in [0, 0.1) is 0 Å². The van der Waals surface area contributed by atoms with Crippen molar-refractivity contribution in [2.24, 2.45) is 0 Å². The summed E-state index contributed by atoms with van der Waals surface area (Å²) in [6.45, 7) is 4.81. The maximum Gasteiger partial charge on any atom is 0.257 e. The highest BCUT2D eigenvalue weighted by atomic mass is 16.5. The average Bonchev–Trinajstić information content (AvgIpc) is 2.58. The maximum absolute atomic E-state index is 11.6.